The molecule has 4 rings (SSSR count). The number of fused-ring (bicyclic) bond motifs is 3. The summed E-state index contributed by atoms with van der Waals surface area (Å²) in [4.78, 5) is 5.09. The van der Waals surface area contributed by atoms with Crippen molar-refractivity contribution in [3.63, 3.8) is 0 Å². The number of hydrogen-bond acceptors (Lipinski definition) is 2. The molecule has 2 aromatic heterocycles. The molecule has 6 heteroatoms. The summed E-state index contributed by atoms with van der Waals surface area (Å²) >= 11 is 3.60. The van der Waals surface area contributed by atoms with Gasteiger partial charge in [0.15, 0.2) is 0 Å². The van der Waals surface area contributed by atoms with Crippen LogP contribution >= 0.6 is 22.7 Å². The molecule has 3 heterocycles. The van der Waals surface area contributed by atoms with Crippen molar-refractivity contribution < 1.29 is 13.2 Å². The number of hydrogen-bond donors (Lipinski definition) is 0. The standard InChI is InChI=1S/C23H24BF3S2/c1-11(2)16-9-15(23(25,26)27)10-17(12(3)4)20(16)24-18-7-13(5)28-21(18)22-19(24)8-14(6)29-22/h7-12H,1-6H3. The largest absolute Gasteiger partial charge is 0.416 e. The maximum absolute atomic E-state index is 13.7. The fourth-order valence-corrected chi connectivity index (χ4v) is 6.76. The van der Waals surface area contributed by atoms with E-state index in [2.05, 4.69) is 26.0 Å². The molecule has 0 spiro atoms. The summed E-state index contributed by atoms with van der Waals surface area (Å²) in [7, 11) is 0. The first-order valence-electron chi connectivity index (χ1n) is 9.95. The van der Waals surface area contributed by atoms with Gasteiger partial charge in [-0.3, -0.25) is 0 Å². The van der Waals surface area contributed by atoms with Crippen molar-refractivity contribution in [1.29, 1.82) is 0 Å². The van der Waals surface area contributed by atoms with Crippen LogP contribution < -0.4 is 16.4 Å². The van der Waals surface area contributed by atoms with Gasteiger partial charge in [0.25, 0.3) is 0 Å². The van der Waals surface area contributed by atoms with Crippen LogP contribution in [-0.2, 0) is 6.18 Å². The van der Waals surface area contributed by atoms with Crippen molar-refractivity contribution in [1.82, 2.24) is 0 Å². The molecule has 1 aliphatic heterocycles. The van der Waals surface area contributed by atoms with E-state index in [-0.39, 0.29) is 18.5 Å². The topological polar surface area (TPSA) is 0 Å². The average molecular weight is 432 g/mol. The Bertz CT molecular complexity index is 1010. The Hall–Kier alpha value is -1.53. The van der Waals surface area contributed by atoms with Gasteiger partial charge in [-0.2, -0.15) is 13.2 Å². The van der Waals surface area contributed by atoms with E-state index in [0.29, 0.717) is 0 Å². The second-order valence-corrected chi connectivity index (χ2v) is 11.1. The van der Waals surface area contributed by atoms with Gasteiger partial charge in [0.05, 0.1) is 5.56 Å². The highest BCUT2D eigenvalue weighted by Crippen LogP contribution is 2.38. The second kappa shape index (κ2) is 7.02. The van der Waals surface area contributed by atoms with Crippen LogP contribution in [0.5, 0.6) is 0 Å². The zero-order valence-corrected chi connectivity index (χ0v) is 19.1. The minimum absolute atomic E-state index is 0.0109. The van der Waals surface area contributed by atoms with Gasteiger partial charge in [0.1, 0.15) is 0 Å². The lowest BCUT2D eigenvalue weighted by Crippen LogP contribution is -2.52. The molecule has 29 heavy (non-hydrogen) atoms. The van der Waals surface area contributed by atoms with Crippen molar-refractivity contribution >= 4 is 45.8 Å². The molecule has 0 amide bonds. The lowest BCUT2D eigenvalue weighted by atomic mass is 9.37. The minimum atomic E-state index is -4.34. The van der Waals surface area contributed by atoms with E-state index in [1.807, 2.05) is 27.7 Å². The second-order valence-electron chi connectivity index (χ2n) is 8.59. The minimum Gasteiger partial charge on any atom is -0.166 e. The van der Waals surface area contributed by atoms with Crippen LogP contribution in [-0.4, -0.2) is 6.71 Å². The van der Waals surface area contributed by atoms with Gasteiger partial charge in [0.2, 0.25) is 6.71 Å². The van der Waals surface area contributed by atoms with E-state index in [1.165, 1.54) is 42.6 Å². The quantitative estimate of drug-likeness (QED) is 0.339. The summed E-state index contributed by atoms with van der Waals surface area (Å²) in [6, 6.07) is 7.25. The molecule has 0 bridgehead atoms. The first-order valence-corrected chi connectivity index (χ1v) is 11.6. The predicted octanol–water partition coefficient (Wildman–Crippen LogP) is 6.19. The average Bonchev–Trinajstić information content (AvgIpc) is 3.22. The molecule has 0 radical (unpaired) electrons. The highest BCUT2D eigenvalue weighted by atomic mass is 32.1. The lowest BCUT2D eigenvalue weighted by Gasteiger charge is -2.25. The Morgan fingerprint density at radius 2 is 1.17 bits per heavy atom. The summed E-state index contributed by atoms with van der Waals surface area (Å²) in [5.74, 6) is 0.0218. The molecule has 0 saturated heterocycles. The third-order valence-electron chi connectivity index (χ3n) is 5.70. The van der Waals surface area contributed by atoms with Crippen LogP contribution in [0.25, 0.3) is 9.75 Å². The zero-order valence-electron chi connectivity index (χ0n) is 17.5. The van der Waals surface area contributed by atoms with Gasteiger partial charge in [0, 0.05) is 19.5 Å². The highest BCUT2D eigenvalue weighted by molar-refractivity contribution is 7.28. The van der Waals surface area contributed by atoms with Gasteiger partial charge in [-0.1, -0.05) is 45.3 Å². The van der Waals surface area contributed by atoms with Crippen molar-refractivity contribution in [2.24, 2.45) is 0 Å². The molecule has 0 fully saturated rings. The van der Waals surface area contributed by atoms with Crippen LogP contribution in [0.15, 0.2) is 24.3 Å². The fourth-order valence-electron chi connectivity index (χ4n) is 4.48. The summed E-state index contributed by atoms with van der Waals surface area (Å²) < 4.78 is 41.0. The summed E-state index contributed by atoms with van der Waals surface area (Å²) in [6.07, 6.45) is -4.34. The Kier molecular flexibility index (Phi) is 5.02. The number of alkyl halides is 3. The maximum Gasteiger partial charge on any atom is 0.416 e. The first-order chi connectivity index (χ1) is 13.5. The lowest BCUT2D eigenvalue weighted by molar-refractivity contribution is -0.137. The van der Waals surface area contributed by atoms with Crippen LogP contribution in [0.2, 0.25) is 0 Å². The summed E-state index contributed by atoms with van der Waals surface area (Å²) in [6.45, 7) is 12.2. The van der Waals surface area contributed by atoms with E-state index >= 15 is 0 Å². The molecule has 152 valence electrons. The number of thiophene rings is 2. The van der Waals surface area contributed by atoms with Crippen molar-refractivity contribution in [3.05, 3.63) is 50.7 Å². The molecule has 0 nitrogen and oxygen atoms in total. The molecule has 1 aromatic carbocycles. The number of halogens is 3. The van der Waals surface area contributed by atoms with Crippen LogP contribution in [0.4, 0.5) is 13.2 Å². The van der Waals surface area contributed by atoms with Gasteiger partial charge in [-0.05, 0) is 59.9 Å². The van der Waals surface area contributed by atoms with Crippen molar-refractivity contribution in [2.75, 3.05) is 0 Å². The number of aryl methyl sites for hydroxylation is 2. The predicted molar refractivity (Wildman–Crippen MR) is 121 cm³/mol. The number of benzene rings is 1. The normalized spacial score (nSPS) is 13.6. The number of rotatable bonds is 3. The van der Waals surface area contributed by atoms with E-state index in [4.69, 9.17) is 0 Å². The molecule has 0 aliphatic carbocycles. The van der Waals surface area contributed by atoms with Gasteiger partial charge in [-0.15, -0.1) is 22.7 Å². The molecule has 3 aromatic rings. The Labute approximate surface area is 178 Å². The third kappa shape index (κ3) is 3.38. The smallest absolute Gasteiger partial charge is 0.166 e. The molecular weight excluding hydrogens is 408 g/mol. The molecule has 1 aliphatic rings. The Morgan fingerprint density at radius 3 is 1.52 bits per heavy atom. The monoisotopic (exact) mass is 432 g/mol. The zero-order chi connectivity index (χ0) is 21.2. The maximum atomic E-state index is 13.7. The molecule has 0 atom stereocenters. The third-order valence-corrected chi connectivity index (χ3v) is 8.00. The Morgan fingerprint density at radius 1 is 0.759 bits per heavy atom. The highest BCUT2D eigenvalue weighted by Gasteiger charge is 2.41. The van der Waals surface area contributed by atoms with E-state index in [0.717, 1.165) is 16.6 Å². The van der Waals surface area contributed by atoms with Crippen molar-refractivity contribution in [3.8, 4) is 9.75 Å². The van der Waals surface area contributed by atoms with Crippen LogP contribution in [0.3, 0.4) is 0 Å². The SMILES string of the molecule is Cc1cc2c(s1)-c1sc(C)cc1B2c1c(C(C)C)cc(C(F)(F)F)cc1C(C)C. The van der Waals surface area contributed by atoms with Crippen LogP contribution in [0, 0.1) is 13.8 Å². The summed E-state index contributed by atoms with van der Waals surface area (Å²) in [5, 5.41) is 0. The Balaban J connectivity index is 2.06. The summed E-state index contributed by atoms with van der Waals surface area (Å²) in [5.41, 5.74) is 4.71. The molecule has 0 saturated carbocycles. The van der Waals surface area contributed by atoms with Gasteiger partial charge >= 0.3 is 6.18 Å². The van der Waals surface area contributed by atoms with E-state index in [9.17, 15) is 13.2 Å². The van der Waals surface area contributed by atoms with Crippen LogP contribution in [0.1, 0.15) is 66.0 Å². The molecule has 0 N–H and O–H groups in total. The van der Waals surface area contributed by atoms with E-state index in [1.54, 1.807) is 22.7 Å². The molecular formula is C23H24BF3S2. The van der Waals surface area contributed by atoms with Crippen molar-refractivity contribution in [2.45, 2.75) is 59.6 Å². The van der Waals surface area contributed by atoms with Gasteiger partial charge < -0.3 is 0 Å². The molecule has 0 unspecified atom stereocenters. The fraction of sp³-hybridized carbons (Fsp3) is 0.391. The first kappa shape index (κ1) is 20.7. The van der Waals surface area contributed by atoms with E-state index < -0.39 is 11.7 Å². The van der Waals surface area contributed by atoms with Gasteiger partial charge in [-0.25, -0.2) is 0 Å².